The molecule has 0 aliphatic carbocycles. The Bertz CT molecular complexity index is 1140. The smallest absolute Gasteiger partial charge is 0.264 e. The van der Waals surface area contributed by atoms with Crippen LogP contribution in [0.25, 0.3) is 10.2 Å². The Kier molecular flexibility index (Phi) is 6.06. The molecular weight excluding hydrogens is 414 g/mol. The summed E-state index contributed by atoms with van der Waals surface area (Å²) >= 11 is 3.13. The highest BCUT2D eigenvalue weighted by atomic mass is 32.1. The van der Waals surface area contributed by atoms with Gasteiger partial charge in [0.05, 0.1) is 16.3 Å². The van der Waals surface area contributed by atoms with Crippen LogP contribution in [0, 0.1) is 6.92 Å². The van der Waals surface area contributed by atoms with E-state index in [1.807, 2.05) is 38.2 Å². The van der Waals surface area contributed by atoms with E-state index in [2.05, 4.69) is 38.6 Å². The molecule has 4 rings (SSSR count). The van der Waals surface area contributed by atoms with E-state index in [0.717, 1.165) is 33.7 Å². The zero-order valence-electron chi connectivity index (χ0n) is 17.1. The van der Waals surface area contributed by atoms with Gasteiger partial charge in [-0.2, -0.15) is 0 Å². The zero-order chi connectivity index (χ0) is 21.1. The van der Waals surface area contributed by atoms with Gasteiger partial charge >= 0.3 is 0 Å². The predicted molar refractivity (Wildman–Crippen MR) is 123 cm³/mol. The van der Waals surface area contributed by atoms with Gasteiger partial charge < -0.3 is 10.2 Å². The number of nitrogens with zero attached hydrogens (tertiary/aromatic N) is 4. The molecule has 4 heterocycles. The molecule has 0 aliphatic rings. The molecular formula is C22H23N5OS2. The predicted octanol–water partition coefficient (Wildman–Crippen LogP) is 4.94. The molecule has 4 aromatic heterocycles. The lowest BCUT2D eigenvalue weighted by Crippen LogP contribution is -2.28. The van der Waals surface area contributed by atoms with E-state index >= 15 is 0 Å². The molecule has 0 saturated heterocycles. The number of likely N-dealkylation sites (N-methyl/N-ethyl adjacent to an activating group) is 1. The number of rotatable bonds is 7. The van der Waals surface area contributed by atoms with E-state index in [-0.39, 0.29) is 11.9 Å². The quantitative estimate of drug-likeness (QED) is 0.443. The third-order valence-corrected chi connectivity index (χ3v) is 7.26. The van der Waals surface area contributed by atoms with E-state index in [1.165, 1.54) is 16.2 Å². The molecule has 0 radical (unpaired) electrons. The minimum atomic E-state index is 0.00341. The van der Waals surface area contributed by atoms with Gasteiger partial charge in [0.1, 0.15) is 17.0 Å². The van der Waals surface area contributed by atoms with Crippen molar-refractivity contribution in [1.29, 1.82) is 0 Å². The molecule has 0 spiro atoms. The van der Waals surface area contributed by atoms with Crippen LogP contribution < -0.4 is 5.32 Å². The minimum Gasteiger partial charge on any atom is -0.362 e. The topological polar surface area (TPSA) is 71.0 Å². The molecule has 154 valence electrons. The number of hydrogen-bond acceptors (Lipinski definition) is 7. The monoisotopic (exact) mass is 437 g/mol. The summed E-state index contributed by atoms with van der Waals surface area (Å²) in [4.78, 5) is 30.9. The molecule has 8 heteroatoms. The number of amides is 1. The van der Waals surface area contributed by atoms with Crippen LogP contribution in [0.15, 0.2) is 48.2 Å². The number of hydrogen-bond donors (Lipinski definition) is 1. The summed E-state index contributed by atoms with van der Waals surface area (Å²) in [5.41, 5.74) is 1.90. The first-order valence-corrected chi connectivity index (χ1v) is 11.4. The van der Waals surface area contributed by atoms with Gasteiger partial charge in [-0.1, -0.05) is 12.1 Å². The highest BCUT2D eigenvalue weighted by molar-refractivity contribution is 7.20. The van der Waals surface area contributed by atoms with Gasteiger partial charge in [-0.3, -0.25) is 9.78 Å². The van der Waals surface area contributed by atoms with Gasteiger partial charge in [0, 0.05) is 36.8 Å². The van der Waals surface area contributed by atoms with E-state index in [9.17, 15) is 4.79 Å². The molecule has 4 aromatic rings. The summed E-state index contributed by atoms with van der Waals surface area (Å²) in [6.07, 6.45) is 4.05. The van der Waals surface area contributed by atoms with Crippen molar-refractivity contribution in [1.82, 2.24) is 19.9 Å². The SMILES string of the molecule is Cc1c(C(=O)N(C)CCc2ccccn2)sc2ncnc(NC(C)c3cccs3)c12. The lowest BCUT2D eigenvalue weighted by Gasteiger charge is -2.16. The number of carbonyl (C=O) groups is 1. The van der Waals surface area contributed by atoms with Gasteiger partial charge in [0.25, 0.3) is 5.91 Å². The Morgan fingerprint density at radius 1 is 1.20 bits per heavy atom. The van der Waals surface area contributed by atoms with E-state index in [4.69, 9.17) is 0 Å². The fourth-order valence-electron chi connectivity index (χ4n) is 3.30. The van der Waals surface area contributed by atoms with E-state index < -0.39 is 0 Å². The second-order valence-corrected chi connectivity index (χ2v) is 9.12. The molecule has 0 fully saturated rings. The van der Waals surface area contributed by atoms with Gasteiger partial charge in [-0.05, 0) is 43.0 Å². The maximum absolute atomic E-state index is 13.1. The summed E-state index contributed by atoms with van der Waals surface area (Å²) in [6, 6.07) is 10.1. The standard InChI is InChI=1S/C22H23N5OS2/c1-14-18-20(26-15(2)17-8-6-12-29-17)24-13-25-21(18)30-19(14)22(28)27(3)11-9-16-7-4-5-10-23-16/h4-8,10,12-13,15H,9,11H2,1-3H3,(H,24,25,26). The van der Waals surface area contributed by atoms with Crippen molar-refractivity contribution in [3.8, 4) is 0 Å². The average molecular weight is 438 g/mol. The Balaban J connectivity index is 1.56. The van der Waals surface area contributed by atoms with E-state index in [1.54, 1.807) is 28.8 Å². The van der Waals surface area contributed by atoms with Crippen molar-refractivity contribution in [3.63, 3.8) is 0 Å². The summed E-state index contributed by atoms with van der Waals surface area (Å²) in [7, 11) is 1.83. The van der Waals surface area contributed by atoms with Gasteiger partial charge in [0.15, 0.2) is 0 Å². The van der Waals surface area contributed by atoms with Crippen LogP contribution in [-0.4, -0.2) is 39.4 Å². The molecule has 1 atom stereocenters. The lowest BCUT2D eigenvalue weighted by atomic mass is 10.1. The first kappa shape index (κ1) is 20.4. The van der Waals surface area contributed by atoms with Gasteiger partial charge in [-0.15, -0.1) is 22.7 Å². The number of aromatic nitrogens is 3. The Labute approximate surface area is 183 Å². The number of carbonyl (C=O) groups excluding carboxylic acids is 1. The Hall–Kier alpha value is -2.84. The summed E-state index contributed by atoms with van der Waals surface area (Å²) in [6.45, 7) is 4.69. The largest absolute Gasteiger partial charge is 0.362 e. The number of thiophene rings is 2. The van der Waals surface area contributed by atoms with Crippen molar-refractivity contribution in [2.75, 3.05) is 18.9 Å². The van der Waals surface area contributed by atoms with Crippen LogP contribution in [0.5, 0.6) is 0 Å². The highest BCUT2D eigenvalue weighted by Crippen LogP contribution is 2.35. The van der Waals surface area contributed by atoms with Crippen LogP contribution in [-0.2, 0) is 6.42 Å². The molecule has 1 N–H and O–H groups in total. The number of pyridine rings is 1. The molecule has 0 aromatic carbocycles. The maximum Gasteiger partial charge on any atom is 0.264 e. The highest BCUT2D eigenvalue weighted by Gasteiger charge is 2.22. The van der Waals surface area contributed by atoms with Crippen molar-refractivity contribution >= 4 is 44.6 Å². The van der Waals surface area contributed by atoms with Gasteiger partial charge in [0.2, 0.25) is 0 Å². The maximum atomic E-state index is 13.1. The number of anilines is 1. The Morgan fingerprint density at radius 3 is 2.80 bits per heavy atom. The fraction of sp³-hybridized carbons (Fsp3) is 0.273. The zero-order valence-corrected chi connectivity index (χ0v) is 18.8. The van der Waals surface area contributed by atoms with Crippen LogP contribution in [0.2, 0.25) is 0 Å². The molecule has 6 nitrogen and oxygen atoms in total. The second-order valence-electron chi connectivity index (χ2n) is 7.14. The third-order valence-electron chi connectivity index (χ3n) is 5.02. The summed E-state index contributed by atoms with van der Waals surface area (Å²) in [5, 5.41) is 6.48. The molecule has 0 saturated carbocycles. The molecule has 0 aliphatic heterocycles. The third kappa shape index (κ3) is 4.20. The minimum absolute atomic E-state index is 0.00341. The van der Waals surface area contributed by atoms with Crippen molar-refractivity contribution in [2.24, 2.45) is 0 Å². The summed E-state index contributed by atoms with van der Waals surface area (Å²) < 4.78 is 0. The second kappa shape index (κ2) is 8.89. The van der Waals surface area contributed by atoms with Crippen LogP contribution in [0.4, 0.5) is 5.82 Å². The average Bonchev–Trinajstić information content (AvgIpc) is 3.41. The number of fused-ring (bicyclic) bond motifs is 1. The first-order chi connectivity index (χ1) is 14.5. The van der Waals surface area contributed by atoms with Gasteiger partial charge in [-0.25, -0.2) is 9.97 Å². The van der Waals surface area contributed by atoms with Crippen LogP contribution >= 0.6 is 22.7 Å². The van der Waals surface area contributed by atoms with E-state index in [0.29, 0.717) is 11.4 Å². The van der Waals surface area contributed by atoms with Crippen molar-refractivity contribution in [2.45, 2.75) is 26.3 Å². The summed E-state index contributed by atoms with van der Waals surface area (Å²) in [5.74, 6) is 0.772. The van der Waals surface area contributed by atoms with Crippen LogP contribution in [0.1, 0.15) is 38.8 Å². The van der Waals surface area contributed by atoms with Crippen LogP contribution in [0.3, 0.4) is 0 Å². The molecule has 0 bridgehead atoms. The normalized spacial score (nSPS) is 12.1. The van der Waals surface area contributed by atoms with Crippen molar-refractivity contribution < 1.29 is 4.79 Å². The Morgan fingerprint density at radius 2 is 2.07 bits per heavy atom. The molecule has 1 unspecified atom stereocenters. The first-order valence-electron chi connectivity index (χ1n) is 9.74. The van der Waals surface area contributed by atoms with Crippen molar-refractivity contribution in [3.05, 3.63) is 69.2 Å². The molecule has 30 heavy (non-hydrogen) atoms. The lowest BCUT2D eigenvalue weighted by molar-refractivity contribution is 0.0800. The fourth-order valence-corrected chi connectivity index (χ4v) is 5.18. The number of nitrogens with one attached hydrogen (secondary N) is 1. The molecule has 1 amide bonds. The number of aryl methyl sites for hydroxylation is 1.